The first kappa shape index (κ1) is 10.2. The number of fused-ring (bicyclic) bond motifs is 1. The number of hydrogen-bond acceptors (Lipinski definition) is 1. The maximum atomic E-state index is 5.88. The number of para-hydroxylation sites is 1. The summed E-state index contributed by atoms with van der Waals surface area (Å²) in [5.74, 6) is 0. The number of nitrogens with zero attached hydrogens (tertiary/aromatic N) is 1. The first-order chi connectivity index (χ1) is 7.11. The van der Waals surface area contributed by atoms with Crippen molar-refractivity contribution in [1.29, 1.82) is 0 Å². The molecule has 2 N–H and O–H groups in total. The van der Waals surface area contributed by atoms with Crippen molar-refractivity contribution in [3.8, 4) is 0 Å². The number of rotatable bonds is 2. The fourth-order valence-corrected chi connectivity index (χ4v) is 2.18. The Morgan fingerprint density at radius 1 is 1.33 bits per heavy atom. The predicted octanol–water partition coefficient (Wildman–Crippen LogP) is 2.38. The van der Waals surface area contributed by atoms with Gasteiger partial charge in [-0.15, -0.1) is 0 Å². The van der Waals surface area contributed by atoms with Gasteiger partial charge in [0.1, 0.15) is 0 Å². The molecule has 0 unspecified atom stereocenters. The summed E-state index contributed by atoms with van der Waals surface area (Å²) in [5, 5.41) is 1.34. The predicted molar refractivity (Wildman–Crippen MR) is 65.0 cm³/mol. The summed E-state index contributed by atoms with van der Waals surface area (Å²) in [6.45, 7) is 4.22. The van der Waals surface area contributed by atoms with Crippen LogP contribution in [0.3, 0.4) is 0 Å². The van der Waals surface area contributed by atoms with E-state index >= 15 is 0 Å². The number of hydrogen-bond donors (Lipinski definition) is 1. The van der Waals surface area contributed by atoms with Crippen molar-refractivity contribution in [1.82, 2.24) is 4.57 Å². The van der Waals surface area contributed by atoms with Gasteiger partial charge in [-0.1, -0.05) is 18.2 Å². The van der Waals surface area contributed by atoms with Crippen molar-refractivity contribution in [2.75, 3.05) is 0 Å². The molecule has 15 heavy (non-hydrogen) atoms. The summed E-state index contributed by atoms with van der Waals surface area (Å²) in [6.07, 6.45) is 0.952. The van der Waals surface area contributed by atoms with Crippen LogP contribution in [0.4, 0.5) is 0 Å². The third-order valence-electron chi connectivity index (χ3n) is 3.06. The molecule has 2 nitrogen and oxygen atoms in total. The van der Waals surface area contributed by atoms with Gasteiger partial charge in [0.2, 0.25) is 0 Å². The normalized spacial score (nSPS) is 13.3. The van der Waals surface area contributed by atoms with E-state index in [2.05, 4.69) is 49.7 Å². The van der Waals surface area contributed by atoms with Crippen molar-refractivity contribution in [3.05, 3.63) is 35.5 Å². The van der Waals surface area contributed by atoms with E-state index < -0.39 is 0 Å². The van der Waals surface area contributed by atoms with Crippen LogP contribution in [0.15, 0.2) is 24.3 Å². The van der Waals surface area contributed by atoms with E-state index in [1.54, 1.807) is 0 Å². The average molecular weight is 202 g/mol. The summed E-state index contributed by atoms with van der Waals surface area (Å²) in [6, 6.07) is 8.73. The molecular weight excluding hydrogens is 184 g/mol. The van der Waals surface area contributed by atoms with Gasteiger partial charge in [-0.25, -0.2) is 0 Å². The van der Waals surface area contributed by atoms with Crippen LogP contribution in [0, 0.1) is 6.92 Å². The van der Waals surface area contributed by atoms with Gasteiger partial charge in [-0.2, -0.15) is 0 Å². The molecule has 0 bridgehead atoms. The van der Waals surface area contributed by atoms with E-state index in [0.717, 1.165) is 6.42 Å². The SMILES string of the molecule is Cc1c(C[C@@H](C)N)c2ccccc2n1C. The highest BCUT2D eigenvalue weighted by molar-refractivity contribution is 5.85. The highest BCUT2D eigenvalue weighted by Crippen LogP contribution is 2.25. The molecule has 1 heterocycles. The van der Waals surface area contributed by atoms with Crippen LogP contribution < -0.4 is 5.73 Å². The fraction of sp³-hybridized carbons (Fsp3) is 0.385. The van der Waals surface area contributed by atoms with E-state index in [1.807, 2.05) is 0 Å². The minimum Gasteiger partial charge on any atom is -0.348 e. The minimum absolute atomic E-state index is 0.217. The van der Waals surface area contributed by atoms with Gasteiger partial charge in [0, 0.05) is 29.7 Å². The van der Waals surface area contributed by atoms with Crippen LogP contribution >= 0.6 is 0 Å². The molecule has 2 heteroatoms. The Labute approximate surface area is 90.7 Å². The van der Waals surface area contributed by atoms with Crippen molar-refractivity contribution in [2.45, 2.75) is 26.3 Å². The number of nitrogens with two attached hydrogens (primary N) is 1. The lowest BCUT2D eigenvalue weighted by Crippen LogP contribution is -2.18. The van der Waals surface area contributed by atoms with Gasteiger partial charge >= 0.3 is 0 Å². The van der Waals surface area contributed by atoms with E-state index in [0.29, 0.717) is 0 Å². The first-order valence-electron chi connectivity index (χ1n) is 5.39. The van der Waals surface area contributed by atoms with Crippen molar-refractivity contribution in [2.24, 2.45) is 12.8 Å². The van der Waals surface area contributed by atoms with Crippen LogP contribution in [0.5, 0.6) is 0 Å². The smallest absolute Gasteiger partial charge is 0.0482 e. The first-order valence-corrected chi connectivity index (χ1v) is 5.39. The van der Waals surface area contributed by atoms with E-state index in [4.69, 9.17) is 5.73 Å². The second kappa shape index (κ2) is 3.70. The highest BCUT2D eigenvalue weighted by atomic mass is 14.9. The zero-order valence-electron chi connectivity index (χ0n) is 9.62. The lowest BCUT2D eigenvalue weighted by molar-refractivity contribution is 0.732. The second-order valence-corrected chi connectivity index (χ2v) is 4.32. The van der Waals surface area contributed by atoms with Gasteiger partial charge in [0.05, 0.1) is 0 Å². The molecule has 0 saturated carbocycles. The number of benzene rings is 1. The Hall–Kier alpha value is -1.28. The standard InChI is InChI=1S/C13H18N2/c1-9(14)8-12-10(2)15(3)13-7-5-4-6-11(12)13/h4-7,9H,8,14H2,1-3H3/t9-/m1/s1. The summed E-state index contributed by atoms with van der Waals surface area (Å²) in [5.41, 5.74) is 9.90. The Bertz CT molecular complexity index is 480. The van der Waals surface area contributed by atoms with Crippen molar-refractivity contribution < 1.29 is 0 Å². The third kappa shape index (κ3) is 1.65. The molecule has 0 aliphatic rings. The molecule has 0 aliphatic carbocycles. The number of aromatic nitrogens is 1. The Morgan fingerprint density at radius 2 is 2.00 bits per heavy atom. The van der Waals surface area contributed by atoms with Crippen LogP contribution in [-0.4, -0.2) is 10.6 Å². The quantitative estimate of drug-likeness (QED) is 0.796. The number of aryl methyl sites for hydroxylation is 1. The second-order valence-electron chi connectivity index (χ2n) is 4.32. The molecule has 80 valence electrons. The summed E-state index contributed by atoms with van der Waals surface area (Å²) in [7, 11) is 2.11. The summed E-state index contributed by atoms with van der Waals surface area (Å²) < 4.78 is 2.24. The monoisotopic (exact) mass is 202 g/mol. The zero-order valence-corrected chi connectivity index (χ0v) is 9.62. The maximum Gasteiger partial charge on any atom is 0.0482 e. The molecule has 0 amide bonds. The fourth-order valence-electron chi connectivity index (χ4n) is 2.18. The molecule has 1 aromatic carbocycles. The van der Waals surface area contributed by atoms with E-state index in [1.165, 1.54) is 22.2 Å². The van der Waals surface area contributed by atoms with Crippen LogP contribution in [-0.2, 0) is 13.5 Å². The summed E-state index contributed by atoms with van der Waals surface area (Å²) >= 11 is 0. The Kier molecular flexibility index (Phi) is 2.53. The average Bonchev–Trinajstić information content (AvgIpc) is 2.44. The topological polar surface area (TPSA) is 30.9 Å². The third-order valence-corrected chi connectivity index (χ3v) is 3.06. The lowest BCUT2D eigenvalue weighted by Gasteiger charge is -2.05. The highest BCUT2D eigenvalue weighted by Gasteiger charge is 2.11. The largest absolute Gasteiger partial charge is 0.348 e. The summed E-state index contributed by atoms with van der Waals surface area (Å²) in [4.78, 5) is 0. The van der Waals surface area contributed by atoms with Gasteiger partial charge in [0.15, 0.2) is 0 Å². The van der Waals surface area contributed by atoms with Gasteiger partial charge in [0.25, 0.3) is 0 Å². The molecule has 0 fully saturated rings. The molecule has 1 atom stereocenters. The molecule has 2 aromatic rings. The van der Waals surface area contributed by atoms with E-state index in [9.17, 15) is 0 Å². The lowest BCUT2D eigenvalue weighted by atomic mass is 10.0. The Balaban J connectivity index is 2.66. The minimum atomic E-state index is 0.217. The van der Waals surface area contributed by atoms with Crippen molar-refractivity contribution >= 4 is 10.9 Å². The van der Waals surface area contributed by atoms with Gasteiger partial charge in [-0.05, 0) is 31.9 Å². The van der Waals surface area contributed by atoms with Crippen LogP contribution in [0.1, 0.15) is 18.2 Å². The molecule has 2 rings (SSSR count). The Morgan fingerprint density at radius 3 is 2.67 bits per heavy atom. The van der Waals surface area contributed by atoms with Crippen LogP contribution in [0.2, 0.25) is 0 Å². The molecule has 1 aromatic heterocycles. The van der Waals surface area contributed by atoms with Crippen molar-refractivity contribution in [3.63, 3.8) is 0 Å². The molecule has 0 spiro atoms. The van der Waals surface area contributed by atoms with Gasteiger partial charge in [-0.3, -0.25) is 0 Å². The van der Waals surface area contributed by atoms with Gasteiger partial charge < -0.3 is 10.3 Å². The molecule has 0 saturated heterocycles. The molecular formula is C13H18N2. The molecule has 0 radical (unpaired) electrons. The zero-order chi connectivity index (χ0) is 11.0. The van der Waals surface area contributed by atoms with Crippen LogP contribution in [0.25, 0.3) is 10.9 Å². The molecule has 0 aliphatic heterocycles. The maximum absolute atomic E-state index is 5.88. The van der Waals surface area contributed by atoms with E-state index in [-0.39, 0.29) is 6.04 Å².